The van der Waals surface area contributed by atoms with Gasteiger partial charge in [0.05, 0.1) is 0 Å². The van der Waals surface area contributed by atoms with Crippen molar-refractivity contribution in [2.75, 3.05) is 0 Å². The molecule has 0 nitrogen and oxygen atoms in total. The third-order valence-electron chi connectivity index (χ3n) is 6.98. The predicted molar refractivity (Wildman–Crippen MR) is 243 cm³/mol. The van der Waals surface area contributed by atoms with Gasteiger partial charge in [-0.15, -0.1) is 13.2 Å². The van der Waals surface area contributed by atoms with Crippen molar-refractivity contribution in [3.63, 3.8) is 0 Å². The summed E-state index contributed by atoms with van der Waals surface area (Å²) < 4.78 is 9.86. The van der Waals surface area contributed by atoms with Crippen molar-refractivity contribution in [1.29, 1.82) is 0 Å². The van der Waals surface area contributed by atoms with Crippen LogP contribution in [0.25, 0.3) is 44.5 Å². The standard InChI is InChI=1S/2C18H9Br5.C2H4/c2*19-14-13(15(20)17(22)18(23)16(14)21)12-9-5-4-8-11(12)10-6-2-1-3-7-10;1-2/h2*1-9H;1-2H2. The van der Waals surface area contributed by atoms with E-state index >= 15 is 0 Å². The molecule has 6 aromatic rings. The fourth-order valence-electron chi connectivity index (χ4n) is 4.82. The second kappa shape index (κ2) is 19.1. The quantitative estimate of drug-likeness (QED) is 0.0937. The summed E-state index contributed by atoms with van der Waals surface area (Å²) in [5.74, 6) is 0. The fraction of sp³-hybridized carbons (Fsp3) is 0. The summed E-state index contributed by atoms with van der Waals surface area (Å²) in [4.78, 5) is 0. The van der Waals surface area contributed by atoms with Gasteiger partial charge in [-0.25, -0.2) is 0 Å². The van der Waals surface area contributed by atoms with E-state index in [0.717, 1.165) is 67.0 Å². The summed E-state index contributed by atoms with van der Waals surface area (Å²) in [6.07, 6.45) is 0. The van der Waals surface area contributed by atoms with Crippen LogP contribution in [0.2, 0.25) is 0 Å². The van der Waals surface area contributed by atoms with Crippen molar-refractivity contribution < 1.29 is 0 Å². The largest absolute Gasteiger partial charge is 0.106 e. The van der Waals surface area contributed by atoms with Crippen molar-refractivity contribution in [2.24, 2.45) is 0 Å². The lowest BCUT2D eigenvalue weighted by atomic mass is 9.95. The first-order chi connectivity index (χ1) is 23.0. The van der Waals surface area contributed by atoms with Crippen molar-refractivity contribution in [3.05, 3.63) is 167 Å². The Balaban J connectivity index is 0.000000206. The van der Waals surface area contributed by atoms with Crippen molar-refractivity contribution in [1.82, 2.24) is 0 Å². The Morgan fingerprint density at radius 2 is 0.458 bits per heavy atom. The molecule has 6 rings (SSSR count). The highest BCUT2D eigenvalue weighted by atomic mass is 79.9. The lowest BCUT2D eigenvalue weighted by Crippen LogP contribution is -1.91. The van der Waals surface area contributed by atoms with Gasteiger partial charge in [0.25, 0.3) is 0 Å². The molecule has 0 bridgehead atoms. The van der Waals surface area contributed by atoms with Crippen LogP contribution in [-0.2, 0) is 0 Å². The molecule has 0 radical (unpaired) electrons. The minimum Gasteiger partial charge on any atom is -0.106 e. The van der Waals surface area contributed by atoms with Gasteiger partial charge in [0, 0.05) is 55.9 Å². The fourth-order valence-corrected chi connectivity index (χ4v) is 11.8. The van der Waals surface area contributed by atoms with Gasteiger partial charge >= 0.3 is 0 Å². The maximum absolute atomic E-state index is 3.73. The summed E-state index contributed by atoms with van der Waals surface area (Å²) in [7, 11) is 0. The summed E-state index contributed by atoms with van der Waals surface area (Å²) >= 11 is 36.7. The van der Waals surface area contributed by atoms with E-state index in [1.807, 2.05) is 12.1 Å². The van der Waals surface area contributed by atoms with Gasteiger partial charge in [-0.3, -0.25) is 0 Å². The minimum absolute atomic E-state index is 0.970. The van der Waals surface area contributed by atoms with Crippen molar-refractivity contribution in [2.45, 2.75) is 0 Å². The lowest BCUT2D eigenvalue weighted by Gasteiger charge is -2.17. The Kier molecular flexibility index (Phi) is 16.2. The van der Waals surface area contributed by atoms with Gasteiger partial charge in [-0.05, 0) is 193 Å². The Bertz CT molecular complexity index is 1850. The van der Waals surface area contributed by atoms with Crippen LogP contribution < -0.4 is 0 Å². The Morgan fingerprint density at radius 1 is 0.250 bits per heavy atom. The molecule has 0 aliphatic rings. The van der Waals surface area contributed by atoms with Gasteiger partial charge in [-0.1, -0.05) is 109 Å². The predicted octanol–water partition coefficient (Wildman–Crippen LogP) is 18.5. The highest BCUT2D eigenvalue weighted by Gasteiger charge is 2.22. The van der Waals surface area contributed by atoms with E-state index < -0.39 is 0 Å². The molecular weight excluding hydrogens is 1260 g/mol. The molecule has 0 unspecified atom stereocenters. The van der Waals surface area contributed by atoms with Gasteiger partial charge < -0.3 is 0 Å². The average molecular weight is 1280 g/mol. The average Bonchev–Trinajstić information content (AvgIpc) is 3.14. The maximum Gasteiger partial charge on any atom is 0.0482 e. The Morgan fingerprint density at radius 3 is 0.729 bits per heavy atom. The van der Waals surface area contributed by atoms with Crippen LogP contribution in [0, 0.1) is 0 Å². The molecule has 0 aliphatic carbocycles. The Labute approximate surface area is 365 Å². The minimum atomic E-state index is 0.970. The molecule has 0 heterocycles. The van der Waals surface area contributed by atoms with Gasteiger partial charge in [-0.2, -0.15) is 0 Å². The summed E-state index contributed by atoms with van der Waals surface area (Å²) in [6, 6.07) is 37.6. The van der Waals surface area contributed by atoms with Crippen LogP contribution in [0.1, 0.15) is 0 Å². The first-order valence-electron chi connectivity index (χ1n) is 13.9. The molecule has 48 heavy (non-hydrogen) atoms. The third kappa shape index (κ3) is 8.89. The summed E-state index contributed by atoms with van der Waals surface area (Å²) in [5.41, 5.74) is 9.29. The Hall–Kier alpha value is -0.140. The first-order valence-corrected chi connectivity index (χ1v) is 21.8. The number of benzene rings is 6. The second-order valence-electron chi connectivity index (χ2n) is 9.71. The molecule has 0 spiro atoms. The van der Waals surface area contributed by atoms with E-state index in [0.29, 0.717) is 0 Å². The zero-order valence-electron chi connectivity index (χ0n) is 24.6. The molecule has 0 fully saturated rings. The smallest absolute Gasteiger partial charge is 0.0482 e. The molecule has 0 atom stereocenters. The third-order valence-corrected chi connectivity index (χ3v) is 19.2. The number of hydrogen-bond acceptors (Lipinski definition) is 0. The molecule has 0 aromatic heterocycles. The summed E-state index contributed by atoms with van der Waals surface area (Å²) in [6.45, 7) is 6.00. The van der Waals surface area contributed by atoms with Crippen LogP contribution in [0.5, 0.6) is 0 Å². The number of rotatable bonds is 4. The van der Waals surface area contributed by atoms with E-state index in [-0.39, 0.29) is 0 Å². The van der Waals surface area contributed by atoms with Crippen LogP contribution in [0.4, 0.5) is 0 Å². The first kappa shape index (κ1) is 40.6. The van der Waals surface area contributed by atoms with Gasteiger partial charge in [0.1, 0.15) is 0 Å². The lowest BCUT2D eigenvalue weighted by molar-refractivity contribution is 1.44. The maximum atomic E-state index is 3.73. The van der Waals surface area contributed by atoms with Gasteiger partial charge in [0.2, 0.25) is 0 Å². The number of hydrogen-bond donors (Lipinski definition) is 0. The zero-order valence-corrected chi connectivity index (χ0v) is 40.4. The molecule has 6 aromatic carbocycles. The van der Waals surface area contributed by atoms with Crippen LogP contribution in [0.3, 0.4) is 0 Å². The second-order valence-corrected chi connectivity index (χ2v) is 17.6. The van der Waals surface area contributed by atoms with Crippen LogP contribution in [0.15, 0.2) is 167 Å². The van der Waals surface area contributed by atoms with Crippen LogP contribution >= 0.6 is 159 Å². The molecule has 10 heteroatoms. The zero-order chi connectivity index (χ0) is 35.1. The van der Waals surface area contributed by atoms with E-state index in [9.17, 15) is 0 Å². The van der Waals surface area contributed by atoms with Crippen molar-refractivity contribution >= 4 is 159 Å². The number of halogens is 10. The molecular formula is C38H22Br10. The molecule has 0 aliphatic heterocycles. The molecule has 0 saturated carbocycles. The molecule has 0 saturated heterocycles. The van der Waals surface area contributed by atoms with E-state index in [4.69, 9.17) is 0 Å². The summed E-state index contributed by atoms with van der Waals surface area (Å²) in [5, 5.41) is 0. The van der Waals surface area contributed by atoms with E-state index in [1.54, 1.807) is 0 Å². The van der Waals surface area contributed by atoms with Crippen LogP contribution in [-0.4, -0.2) is 0 Å². The normalized spacial score (nSPS) is 10.5. The molecule has 0 N–H and O–H groups in total. The van der Waals surface area contributed by atoms with Gasteiger partial charge in [0.15, 0.2) is 0 Å². The molecule has 244 valence electrons. The van der Waals surface area contributed by atoms with E-state index in [1.165, 1.54) is 22.3 Å². The topological polar surface area (TPSA) is 0 Å². The van der Waals surface area contributed by atoms with E-state index in [2.05, 4.69) is 270 Å². The SMILES string of the molecule is Brc1c(Br)c(Br)c(-c2ccccc2-c2ccccc2)c(Br)c1Br.Brc1c(Br)c(Br)c(-c2ccccc2-c2ccccc2)c(Br)c1Br.C=C. The highest BCUT2D eigenvalue weighted by Crippen LogP contribution is 2.51. The highest BCUT2D eigenvalue weighted by molar-refractivity contribution is 9.16. The van der Waals surface area contributed by atoms with Crippen molar-refractivity contribution in [3.8, 4) is 44.5 Å². The molecule has 0 amide bonds. The monoisotopic (exact) mass is 1270 g/mol.